The molecule has 2 aromatic carbocycles. The third kappa shape index (κ3) is 2.87. The summed E-state index contributed by atoms with van der Waals surface area (Å²) in [6, 6.07) is 17.5. The minimum atomic E-state index is -0.650. The van der Waals surface area contributed by atoms with Gasteiger partial charge in [0.1, 0.15) is 5.54 Å². The van der Waals surface area contributed by atoms with Crippen molar-refractivity contribution >= 4 is 11.9 Å². The Morgan fingerprint density at radius 3 is 1.72 bits per heavy atom. The van der Waals surface area contributed by atoms with E-state index in [9.17, 15) is 9.59 Å². The van der Waals surface area contributed by atoms with Crippen LogP contribution in [-0.2, 0) is 30.5 Å². The number of likely N-dealkylation sites (N-methyl/N-ethyl adjacent to an activating group) is 1. The molecule has 0 atom stereocenters. The zero-order valence-corrected chi connectivity index (χ0v) is 18.8. The average molecular weight is 430 g/mol. The van der Waals surface area contributed by atoms with Crippen LogP contribution in [0.1, 0.15) is 42.0 Å². The van der Waals surface area contributed by atoms with Crippen molar-refractivity contribution in [3.63, 3.8) is 0 Å². The normalized spacial score (nSPS) is 23.4. The first kappa shape index (κ1) is 20.0. The van der Waals surface area contributed by atoms with Gasteiger partial charge in [0.05, 0.1) is 0 Å². The molecule has 2 aromatic rings. The monoisotopic (exact) mass is 429 g/mol. The van der Waals surface area contributed by atoms with E-state index in [0.717, 1.165) is 51.6 Å². The Bertz CT molecular complexity index is 1020. The van der Waals surface area contributed by atoms with Gasteiger partial charge in [0.25, 0.3) is 5.91 Å². The molecular weight excluding hydrogens is 398 g/mol. The van der Waals surface area contributed by atoms with Gasteiger partial charge in [0.2, 0.25) is 0 Å². The smallest absolute Gasteiger partial charge is 0.310 e. The van der Waals surface area contributed by atoms with E-state index in [2.05, 4.69) is 41.3 Å². The Hall–Kier alpha value is -2.66. The second-order valence-corrected chi connectivity index (χ2v) is 9.93. The van der Waals surface area contributed by atoms with Gasteiger partial charge < -0.3 is 4.90 Å². The fourth-order valence-electron chi connectivity index (χ4n) is 6.75. The molecule has 2 fully saturated rings. The van der Waals surface area contributed by atoms with Crippen molar-refractivity contribution in [2.24, 2.45) is 0 Å². The highest BCUT2D eigenvalue weighted by Crippen LogP contribution is 2.41. The Balaban J connectivity index is 1.19. The third-order valence-electron chi connectivity index (χ3n) is 8.45. The van der Waals surface area contributed by atoms with Crippen molar-refractivity contribution in [3.8, 4) is 0 Å². The van der Waals surface area contributed by atoms with Crippen LogP contribution in [0.15, 0.2) is 48.5 Å². The molecule has 0 radical (unpaired) electrons. The largest absolute Gasteiger partial charge is 0.327 e. The summed E-state index contributed by atoms with van der Waals surface area (Å²) >= 11 is 0. The lowest BCUT2D eigenvalue weighted by Gasteiger charge is -2.43. The topological polar surface area (TPSA) is 43.9 Å². The molecule has 3 amide bonds. The first-order valence-corrected chi connectivity index (χ1v) is 12.1. The summed E-state index contributed by atoms with van der Waals surface area (Å²) in [5, 5.41) is 0. The average Bonchev–Trinajstić information content (AvgIpc) is 3.48. The number of urea groups is 1. The molecule has 32 heavy (non-hydrogen) atoms. The van der Waals surface area contributed by atoms with E-state index < -0.39 is 5.54 Å². The van der Waals surface area contributed by atoms with E-state index in [4.69, 9.17) is 0 Å². The maximum atomic E-state index is 13.9. The molecule has 2 heterocycles. The zero-order valence-electron chi connectivity index (χ0n) is 18.8. The van der Waals surface area contributed by atoms with Gasteiger partial charge in [0, 0.05) is 31.7 Å². The first-order chi connectivity index (χ1) is 15.6. The molecule has 5 nitrogen and oxygen atoms in total. The summed E-state index contributed by atoms with van der Waals surface area (Å²) < 4.78 is 0. The van der Waals surface area contributed by atoms with E-state index in [-0.39, 0.29) is 18.0 Å². The van der Waals surface area contributed by atoms with Crippen LogP contribution < -0.4 is 0 Å². The van der Waals surface area contributed by atoms with Crippen molar-refractivity contribution < 1.29 is 9.59 Å². The standard InChI is InChI=1S/C27H31N3O2/c1-2-29-26(32)30(24-17-21-9-5-6-10-22(21)18-24)25(31)27(29)11-13-28(14-12-27)23-15-19-7-3-4-8-20(19)16-23/h3-10,23-24H,2,11-18H2,1H3. The number of carbonyl (C=O) groups excluding carboxylic acids is 2. The highest BCUT2D eigenvalue weighted by molar-refractivity contribution is 6.07. The van der Waals surface area contributed by atoms with Gasteiger partial charge in [-0.2, -0.15) is 0 Å². The minimum absolute atomic E-state index is 0.0387. The number of nitrogens with zero attached hydrogens (tertiary/aromatic N) is 3. The predicted octanol–water partition coefficient (Wildman–Crippen LogP) is 3.44. The number of amides is 3. The number of carbonyl (C=O) groups is 2. The van der Waals surface area contributed by atoms with Crippen molar-refractivity contribution in [1.29, 1.82) is 0 Å². The number of benzene rings is 2. The maximum Gasteiger partial charge on any atom is 0.327 e. The van der Waals surface area contributed by atoms with Crippen molar-refractivity contribution in [3.05, 3.63) is 70.8 Å². The van der Waals surface area contributed by atoms with Crippen LogP contribution in [0.4, 0.5) is 4.79 Å². The summed E-state index contributed by atoms with van der Waals surface area (Å²) in [5.74, 6) is 0.0523. The molecular formula is C27H31N3O2. The van der Waals surface area contributed by atoms with Gasteiger partial charge in [-0.3, -0.25) is 14.6 Å². The van der Waals surface area contributed by atoms with Crippen molar-refractivity contribution in [1.82, 2.24) is 14.7 Å². The minimum Gasteiger partial charge on any atom is -0.310 e. The molecule has 0 bridgehead atoms. The van der Waals surface area contributed by atoms with Gasteiger partial charge in [0.15, 0.2) is 0 Å². The molecule has 2 aliphatic heterocycles. The molecule has 2 aliphatic carbocycles. The fourth-order valence-corrected chi connectivity index (χ4v) is 6.75. The summed E-state index contributed by atoms with van der Waals surface area (Å²) in [7, 11) is 0. The summed E-state index contributed by atoms with van der Waals surface area (Å²) in [4.78, 5) is 33.4. The maximum absolute atomic E-state index is 13.9. The Kier molecular flexibility index (Phi) is 4.65. The van der Waals surface area contributed by atoms with Gasteiger partial charge in [-0.05, 0) is 67.7 Å². The van der Waals surface area contributed by atoms with Crippen LogP contribution in [0.25, 0.3) is 0 Å². The van der Waals surface area contributed by atoms with Crippen LogP contribution >= 0.6 is 0 Å². The Morgan fingerprint density at radius 1 is 0.781 bits per heavy atom. The number of hydrogen-bond acceptors (Lipinski definition) is 3. The molecule has 2 saturated heterocycles. The lowest BCUT2D eigenvalue weighted by Crippen LogP contribution is -2.58. The highest BCUT2D eigenvalue weighted by atomic mass is 16.2. The van der Waals surface area contributed by atoms with E-state index in [0.29, 0.717) is 12.6 Å². The predicted molar refractivity (Wildman–Crippen MR) is 123 cm³/mol. The van der Waals surface area contributed by atoms with Crippen LogP contribution in [0.3, 0.4) is 0 Å². The van der Waals surface area contributed by atoms with E-state index in [1.54, 1.807) is 4.90 Å². The molecule has 0 saturated carbocycles. The highest BCUT2D eigenvalue weighted by Gasteiger charge is 2.59. The van der Waals surface area contributed by atoms with Crippen LogP contribution in [0, 0.1) is 0 Å². The summed E-state index contributed by atoms with van der Waals surface area (Å²) in [6.07, 6.45) is 5.25. The van der Waals surface area contributed by atoms with E-state index in [1.807, 2.05) is 24.0 Å². The lowest BCUT2D eigenvalue weighted by atomic mass is 9.85. The SMILES string of the molecule is CCN1C(=O)N(C2Cc3ccccc3C2)C(=O)C12CCN(C1Cc3ccccc3C1)CC2. The van der Waals surface area contributed by atoms with Crippen molar-refractivity contribution in [2.45, 2.75) is 63.1 Å². The van der Waals surface area contributed by atoms with Gasteiger partial charge in [-0.1, -0.05) is 48.5 Å². The Labute approximate surface area is 190 Å². The van der Waals surface area contributed by atoms with Crippen LogP contribution in [0.2, 0.25) is 0 Å². The van der Waals surface area contributed by atoms with E-state index >= 15 is 0 Å². The van der Waals surface area contributed by atoms with Crippen LogP contribution in [-0.4, -0.2) is 63.9 Å². The quantitative estimate of drug-likeness (QED) is 0.702. The fraction of sp³-hybridized carbons (Fsp3) is 0.481. The second-order valence-electron chi connectivity index (χ2n) is 9.93. The van der Waals surface area contributed by atoms with Gasteiger partial charge in [-0.25, -0.2) is 4.79 Å². The molecule has 0 aromatic heterocycles. The molecule has 166 valence electrons. The number of fused-ring (bicyclic) bond motifs is 2. The first-order valence-electron chi connectivity index (χ1n) is 12.1. The summed E-state index contributed by atoms with van der Waals surface area (Å²) in [6.45, 7) is 4.37. The molecule has 4 aliphatic rings. The number of piperidine rings is 1. The zero-order chi connectivity index (χ0) is 21.9. The van der Waals surface area contributed by atoms with Crippen LogP contribution in [0.5, 0.6) is 0 Å². The summed E-state index contributed by atoms with van der Waals surface area (Å²) in [5.41, 5.74) is 4.83. The number of likely N-dealkylation sites (tertiary alicyclic amines) is 1. The number of rotatable bonds is 3. The molecule has 0 unspecified atom stereocenters. The lowest BCUT2D eigenvalue weighted by molar-refractivity contribution is -0.137. The molecule has 6 rings (SSSR count). The number of hydrogen-bond donors (Lipinski definition) is 0. The van der Waals surface area contributed by atoms with Gasteiger partial charge >= 0.3 is 6.03 Å². The van der Waals surface area contributed by atoms with Gasteiger partial charge in [-0.15, -0.1) is 0 Å². The molecule has 5 heteroatoms. The third-order valence-corrected chi connectivity index (χ3v) is 8.45. The molecule has 0 N–H and O–H groups in total. The Morgan fingerprint density at radius 2 is 1.25 bits per heavy atom. The number of imide groups is 1. The molecule has 1 spiro atoms. The van der Waals surface area contributed by atoms with Crippen molar-refractivity contribution in [2.75, 3.05) is 19.6 Å². The second kappa shape index (κ2) is 7.45. The van der Waals surface area contributed by atoms with E-state index in [1.165, 1.54) is 22.3 Å².